The van der Waals surface area contributed by atoms with E-state index in [0.29, 0.717) is 22.2 Å². The molecular formula is C19H23N5O5S. The first-order valence-corrected chi connectivity index (χ1v) is 10.1. The van der Waals surface area contributed by atoms with Crippen molar-refractivity contribution in [3.8, 4) is 10.4 Å². The molecule has 3 aromatic rings. The van der Waals surface area contributed by atoms with Gasteiger partial charge in [-0.1, -0.05) is 0 Å². The fourth-order valence-corrected chi connectivity index (χ4v) is 4.61. The normalized spacial score (nSPS) is 26.4. The van der Waals surface area contributed by atoms with E-state index in [1.807, 2.05) is 0 Å². The molecule has 160 valence electrons. The lowest BCUT2D eigenvalue weighted by atomic mass is 9.96. The molecule has 4 heterocycles. The van der Waals surface area contributed by atoms with Gasteiger partial charge in [0.1, 0.15) is 35.6 Å². The predicted octanol–water partition coefficient (Wildman–Crippen LogP) is 0.445. The molecule has 0 saturated carbocycles. The van der Waals surface area contributed by atoms with Crippen LogP contribution < -0.4 is 5.73 Å². The quantitative estimate of drug-likeness (QED) is 0.464. The number of aliphatic hydroxyl groups is 3. The van der Waals surface area contributed by atoms with E-state index in [9.17, 15) is 20.1 Å². The van der Waals surface area contributed by atoms with Crippen molar-refractivity contribution < 1.29 is 24.9 Å². The molecule has 0 radical (unpaired) electrons. The highest BCUT2D eigenvalue weighted by Crippen LogP contribution is 2.43. The van der Waals surface area contributed by atoms with Crippen LogP contribution in [0.15, 0.2) is 24.0 Å². The van der Waals surface area contributed by atoms with Crippen molar-refractivity contribution in [3.05, 3.63) is 29.5 Å². The van der Waals surface area contributed by atoms with Crippen LogP contribution >= 0.6 is 11.3 Å². The van der Waals surface area contributed by atoms with Crippen LogP contribution in [-0.4, -0.2) is 79.2 Å². The fraction of sp³-hybridized carbons (Fsp3) is 0.421. The summed E-state index contributed by atoms with van der Waals surface area (Å²) >= 11 is 1.37. The van der Waals surface area contributed by atoms with Crippen LogP contribution in [0.2, 0.25) is 0 Å². The van der Waals surface area contributed by atoms with E-state index in [0.717, 1.165) is 4.88 Å². The standard InChI is InChI=1S/C19H23N5O5S/c1-19(28)14(26)11(6-25)29-18(19)24-5-10(13-15(20)21-8-22-16(13)24)12-4-9(7-30-12)17(27)23(2)3/h4-5,7-8,11,14,18,25-26,28H,6H2,1-3H3,(H2,20,21,22)/t11?,14?,18-,19+/m1/s1. The minimum absolute atomic E-state index is 0.124. The van der Waals surface area contributed by atoms with Gasteiger partial charge in [-0.05, 0) is 13.0 Å². The Labute approximate surface area is 176 Å². The smallest absolute Gasteiger partial charge is 0.254 e. The highest BCUT2D eigenvalue weighted by molar-refractivity contribution is 7.14. The maximum atomic E-state index is 12.3. The first kappa shape index (κ1) is 20.7. The van der Waals surface area contributed by atoms with Gasteiger partial charge < -0.3 is 35.3 Å². The first-order valence-electron chi connectivity index (χ1n) is 9.25. The van der Waals surface area contributed by atoms with Crippen molar-refractivity contribution in [1.29, 1.82) is 0 Å². The molecule has 2 unspecified atom stereocenters. The first-order chi connectivity index (χ1) is 14.2. The van der Waals surface area contributed by atoms with Gasteiger partial charge in [0.15, 0.2) is 6.23 Å². The number of carbonyl (C=O) groups excluding carboxylic acids is 1. The maximum absolute atomic E-state index is 12.3. The molecule has 11 heteroatoms. The van der Waals surface area contributed by atoms with E-state index in [1.165, 1.54) is 29.5 Å². The van der Waals surface area contributed by atoms with Gasteiger partial charge in [-0.2, -0.15) is 0 Å². The molecule has 1 amide bonds. The minimum Gasteiger partial charge on any atom is -0.394 e. The molecule has 10 nitrogen and oxygen atoms in total. The summed E-state index contributed by atoms with van der Waals surface area (Å²) in [5, 5.41) is 33.1. The number of nitrogen functional groups attached to an aromatic ring is 1. The van der Waals surface area contributed by atoms with Gasteiger partial charge >= 0.3 is 0 Å². The second-order valence-corrected chi connectivity index (χ2v) is 8.60. The second-order valence-electron chi connectivity index (χ2n) is 7.69. The van der Waals surface area contributed by atoms with Crippen molar-refractivity contribution in [2.45, 2.75) is 31.0 Å². The number of carbonyl (C=O) groups is 1. The van der Waals surface area contributed by atoms with Crippen LogP contribution in [0.4, 0.5) is 5.82 Å². The Bertz CT molecular complexity index is 1110. The van der Waals surface area contributed by atoms with Gasteiger partial charge in [-0.3, -0.25) is 4.79 Å². The number of nitrogens with zero attached hydrogens (tertiary/aromatic N) is 4. The Hall–Kier alpha value is -2.57. The molecule has 1 aliphatic rings. The van der Waals surface area contributed by atoms with Crippen molar-refractivity contribution in [1.82, 2.24) is 19.4 Å². The van der Waals surface area contributed by atoms with Gasteiger partial charge in [0.2, 0.25) is 0 Å². The van der Waals surface area contributed by atoms with Crippen molar-refractivity contribution >= 4 is 34.1 Å². The Balaban J connectivity index is 1.87. The molecule has 0 bridgehead atoms. The highest BCUT2D eigenvalue weighted by atomic mass is 32.1. The Morgan fingerprint density at radius 2 is 2.17 bits per heavy atom. The molecule has 0 aromatic carbocycles. The molecule has 30 heavy (non-hydrogen) atoms. The van der Waals surface area contributed by atoms with Crippen molar-refractivity contribution in [2.24, 2.45) is 0 Å². The molecule has 0 aliphatic carbocycles. The summed E-state index contributed by atoms with van der Waals surface area (Å²) in [7, 11) is 3.36. The monoisotopic (exact) mass is 433 g/mol. The number of thiophene rings is 1. The number of amides is 1. The fourth-order valence-electron chi connectivity index (χ4n) is 3.71. The molecular weight excluding hydrogens is 410 g/mol. The van der Waals surface area contributed by atoms with Gasteiger partial charge in [0, 0.05) is 36.1 Å². The lowest BCUT2D eigenvalue weighted by molar-refractivity contribution is -0.0948. The van der Waals surface area contributed by atoms with Crippen LogP contribution in [0.1, 0.15) is 23.5 Å². The van der Waals surface area contributed by atoms with E-state index in [2.05, 4.69) is 9.97 Å². The molecule has 0 spiro atoms. The number of ether oxygens (including phenoxy) is 1. The summed E-state index contributed by atoms with van der Waals surface area (Å²) in [5.74, 6) is 0.112. The topological polar surface area (TPSA) is 147 Å². The van der Waals surface area contributed by atoms with E-state index in [-0.39, 0.29) is 11.7 Å². The third-order valence-electron chi connectivity index (χ3n) is 5.34. The molecule has 3 aromatic heterocycles. The van der Waals surface area contributed by atoms with Crippen LogP contribution in [-0.2, 0) is 4.74 Å². The second kappa shape index (κ2) is 7.29. The zero-order valence-electron chi connectivity index (χ0n) is 16.7. The number of nitrogens with two attached hydrogens (primary N) is 1. The predicted molar refractivity (Wildman–Crippen MR) is 111 cm³/mol. The Morgan fingerprint density at radius 3 is 2.80 bits per heavy atom. The number of anilines is 1. The van der Waals surface area contributed by atoms with Crippen molar-refractivity contribution in [3.63, 3.8) is 0 Å². The number of fused-ring (bicyclic) bond motifs is 1. The molecule has 1 aliphatic heterocycles. The summed E-state index contributed by atoms with van der Waals surface area (Å²) in [6.45, 7) is 0.991. The maximum Gasteiger partial charge on any atom is 0.254 e. The Kier molecular flexibility index (Phi) is 5.03. The number of rotatable bonds is 4. The molecule has 4 atom stereocenters. The van der Waals surface area contributed by atoms with Crippen LogP contribution in [0, 0.1) is 0 Å². The zero-order valence-corrected chi connectivity index (χ0v) is 17.5. The summed E-state index contributed by atoms with van der Waals surface area (Å²) in [6.07, 6.45) is -0.249. The Morgan fingerprint density at radius 1 is 1.43 bits per heavy atom. The highest BCUT2D eigenvalue weighted by Gasteiger charge is 2.53. The number of aromatic nitrogens is 3. The number of aliphatic hydroxyl groups excluding tert-OH is 2. The van der Waals surface area contributed by atoms with Crippen LogP contribution in [0.3, 0.4) is 0 Å². The van der Waals surface area contributed by atoms with E-state index in [1.54, 1.807) is 36.3 Å². The zero-order chi connectivity index (χ0) is 21.8. The summed E-state index contributed by atoms with van der Waals surface area (Å²) in [5.41, 5.74) is 6.08. The van der Waals surface area contributed by atoms with Crippen LogP contribution in [0.25, 0.3) is 21.5 Å². The molecule has 4 rings (SSSR count). The minimum atomic E-state index is -1.68. The van der Waals surface area contributed by atoms with E-state index in [4.69, 9.17) is 10.5 Å². The third-order valence-corrected chi connectivity index (χ3v) is 6.31. The number of hydrogen-bond donors (Lipinski definition) is 4. The van der Waals surface area contributed by atoms with Gasteiger partial charge in [-0.15, -0.1) is 11.3 Å². The van der Waals surface area contributed by atoms with Crippen LogP contribution in [0.5, 0.6) is 0 Å². The lowest BCUT2D eigenvalue weighted by Crippen LogP contribution is -2.44. The van der Waals surface area contributed by atoms with Gasteiger partial charge in [0.25, 0.3) is 5.91 Å². The van der Waals surface area contributed by atoms with E-state index >= 15 is 0 Å². The van der Waals surface area contributed by atoms with Gasteiger partial charge in [0.05, 0.1) is 17.6 Å². The summed E-state index contributed by atoms with van der Waals surface area (Å²) < 4.78 is 7.33. The molecule has 1 saturated heterocycles. The summed E-state index contributed by atoms with van der Waals surface area (Å²) in [6, 6.07) is 1.76. The lowest BCUT2D eigenvalue weighted by Gasteiger charge is -2.27. The molecule has 1 fully saturated rings. The van der Waals surface area contributed by atoms with E-state index < -0.39 is 30.6 Å². The average molecular weight is 433 g/mol. The largest absolute Gasteiger partial charge is 0.394 e. The summed E-state index contributed by atoms with van der Waals surface area (Å²) in [4.78, 5) is 22.9. The molecule has 5 N–H and O–H groups in total. The van der Waals surface area contributed by atoms with Gasteiger partial charge in [-0.25, -0.2) is 9.97 Å². The SMILES string of the molecule is CN(C)C(=O)c1csc(-c2cn([C@@H]3OC(CO)C(O)[C@]3(C)O)c3ncnc(N)c23)c1. The number of hydrogen-bond acceptors (Lipinski definition) is 9. The third kappa shape index (κ3) is 3.06. The van der Waals surface area contributed by atoms with Crippen molar-refractivity contribution in [2.75, 3.05) is 26.4 Å². The average Bonchev–Trinajstić information content (AvgIpc) is 3.38.